The van der Waals surface area contributed by atoms with Crippen molar-refractivity contribution in [2.45, 2.75) is 68.3 Å². The Morgan fingerprint density at radius 1 is 1.09 bits per heavy atom. The SMILES string of the molecule is COC(=O)CC12CCC(c3ccc(-c4ccc(Nc5nnc(C6CCC6)o5)cn4)cc3)(CC1)CO2. The second-order valence-corrected chi connectivity index (χ2v) is 10.2. The molecule has 0 unspecified atom stereocenters. The van der Waals surface area contributed by atoms with Gasteiger partial charge in [-0.15, -0.1) is 5.10 Å². The van der Waals surface area contributed by atoms with Crippen molar-refractivity contribution in [1.82, 2.24) is 15.2 Å². The second-order valence-electron chi connectivity index (χ2n) is 10.2. The van der Waals surface area contributed by atoms with Crippen LogP contribution in [0.2, 0.25) is 0 Å². The van der Waals surface area contributed by atoms with E-state index in [2.05, 4.69) is 44.8 Å². The first-order valence-corrected chi connectivity index (χ1v) is 12.4. The molecule has 2 saturated heterocycles. The van der Waals surface area contributed by atoms with Crippen LogP contribution in [0.4, 0.5) is 11.7 Å². The number of pyridine rings is 1. The van der Waals surface area contributed by atoms with Crippen molar-refractivity contribution in [2.24, 2.45) is 0 Å². The summed E-state index contributed by atoms with van der Waals surface area (Å²) in [6.45, 7) is 0.653. The number of hydrogen-bond acceptors (Lipinski definition) is 8. The molecule has 0 spiro atoms. The molecule has 3 aromatic rings. The molecule has 4 fully saturated rings. The van der Waals surface area contributed by atoms with Crippen LogP contribution in [0, 0.1) is 0 Å². The molecular formula is C27H30N4O4. The van der Waals surface area contributed by atoms with Gasteiger partial charge in [0, 0.05) is 16.9 Å². The summed E-state index contributed by atoms with van der Waals surface area (Å²) in [6.07, 6.45) is 9.45. The molecule has 0 atom stereocenters. The number of carbonyl (C=O) groups excluding carboxylic acids is 1. The van der Waals surface area contributed by atoms with E-state index in [-0.39, 0.29) is 17.0 Å². The number of rotatable bonds is 7. The third-order valence-electron chi connectivity index (χ3n) is 8.17. The number of aromatic nitrogens is 3. The van der Waals surface area contributed by atoms with Crippen molar-refractivity contribution >= 4 is 17.7 Å². The van der Waals surface area contributed by atoms with E-state index >= 15 is 0 Å². The van der Waals surface area contributed by atoms with Crippen molar-refractivity contribution in [1.29, 1.82) is 0 Å². The zero-order valence-corrected chi connectivity index (χ0v) is 20.0. The molecule has 4 heterocycles. The Bertz CT molecular complexity index is 1180. The standard InChI is InChI=1S/C27H30N4O4/c1-33-23(32)15-27-13-11-26(12-14-27,17-34-27)20-7-5-18(6-8-20)22-10-9-21(16-28-22)29-25-31-30-24(35-25)19-3-2-4-19/h5-10,16,19H,2-4,11-15,17H2,1H3,(H,29,31). The minimum absolute atomic E-state index is 0.0278. The Kier molecular flexibility index (Phi) is 5.56. The molecule has 2 saturated carbocycles. The van der Waals surface area contributed by atoms with Gasteiger partial charge in [0.2, 0.25) is 5.89 Å². The van der Waals surface area contributed by atoms with Gasteiger partial charge in [0.1, 0.15) is 0 Å². The van der Waals surface area contributed by atoms with Crippen molar-refractivity contribution in [3.8, 4) is 11.3 Å². The monoisotopic (exact) mass is 474 g/mol. The molecule has 0 amide bonds. The van der Waals surface area contributed by atoms with E-state index in [1.807, 2.05) is 12.1 Å². The van der Waals surface area contributed by atoms with Crippen LogP contribution in [0.25, 0.3) is 11.3 Å². The van der Waals surface area contributed by atoms with Crippen LogP contribution in [0.1, 0.15) is 68.7 Å². The molecule has 2 aliphatic heterocycles. The van der Waals surface area contributed by atoms with E-state index in [9.17, 15) is 4.79 Å². The molecule has 35 heavy (non-hydrogen) atoms. The van der Waals surface area contributed by atoms with Gasteiger partial charge in [-0.25, -0.2) is 0 Å². The van der Waals surface area contributed by atoms with Crippen LogP contribution in [0.3, 0.4) is 0 Å². The highest BCUT2D eigenvalue weighted by molar-refractivity contribution is 5.70. The predicted molar refractivity (Wildman–Crippen MR) is 129 cm³/mol. The molecule has 7 rings (SSSR count). The fourth-order valence-corrected chi connectivity index (χ4v) is 5.56. The van der Waals surface area contributed by atoms with Crippen molar-refractivity contribution in [2.75, 3.05) is 19.0 Å². The molecule has 2 aromatic heterocycles. The first-order chi connectivity index (χ1) is 17.1. The van der Waals surface area contributed by atoms with Gasteiger partial charge in [-0.1, -0.05) is 35.8 Å². The normalized spacial score (nSPS) is 25.7. The van der Waals surface area contributed by atoms with Gasteiger partial charge in [-0.05, 0) is 56.2 Å². The summed E-state index contributed by atoms with van der Waals surface area (Å²) in [5.41, 5.74) is 3.76. The minimum Gasteiger partial charge on any atom is -0.469 e. The lowest BCUT2D eigenvalue weighted by Gasteiger charge is -2.53. The molecule has 0 radical (unpaired) electrons. The fourth-order valence-electron chi connectivity index (χ4n) is 5.56. The van der Waals surface area contributed by atoms with E-state index in [4.69, 9.17) is 13.9 Å². The first kappa shape index (κ1) is 22.2. The molecule has 8 heteroatoms. The predicted octanol–water partition coefficient (Wildman–Crippen LogP) is 5.29. The van der Waals surface area contributed by atoms with Crippen LogP contribution in [0.5, 0.6) is 0 Å². The van der Waals surface area contributed by atoms with Crippen LogP contribution in [0.15, 0.2) is 47.0 Å². The number of methoxy groups -OCH3 is 1. The zero-order chi connectivity index (χ0) is 23.9. The molecule has 1 aromatic carbocycles. The van der Waals surface area contributed by atoms with Gasteiger partial charge in [-0.3, -0.25) is 9.78 Å². The Hall–Kier alpha value is -3.26. The van der Waals surface area contributed by atoms with Crippen molar-refractivity contribution in [3.05, 3.63) is 54.0 Å². The quantitative estimate of drug-likeness (QED) is 0.461. The molecule has 4 aliphatic rings. The van der Waals surface area contributed by atoms with Crippen molar-refractivity contribution in [3.63, 3.8) is 0 Å². The second kappa shape index (κ2) is 8.75. The number of nitrogens with one attached hydrogen (secondary N) is 1. The average Bonchev–Trinajstić information content (AvgIpc) is 3.32. The summed E-state index contributed by atoms with van der Waals surface area (Å²) < 4.78 is 16.9. The van der Waals surface area contributed by atoms with Gasteiger partial charge >= 0.3 is 12.0 Å². The van der Waals surface area contributed by atoms with E-state index in [1.54, 1.807) is 6.20 Å². The molecule has 8 nitrogen and oxygen atoms in total. The van der Waals surface area contributed by atoms with Crippen LogP contribution in [-0.4, -0.2) is 40.5 Å². The van der Waals surface area contributed by atoms with E-state index in [0.29, 0.717) is 25.0 Å². The minimum atomic E-state index is -0.339. The first-order valence-electron chi connectivity index (χ1n) is 12.4. The van der Waals surface area contributed by atoms with Gasteiger partial charge < -0.3 is 19.2 Å². The smallest absolute Gasteiger partial charge is 0.320 e. The van der Waals surface area contributed by atoms with Crippen LogP contribution in [-0.2, 0) is 19.7 Å². The number of ether oxygens (including phenoxy) is 2. The van der Waals surface area contributed by atoms with E-state index in [1.165, 1.54) is 19.1 Å². The molecule has 2 bridgehead atoms. The summed E-state index contributed by atoms with van der Waals surface area (Å²) in [6, 6.07) is 13.0. The lowest BCUT2D eigenvalue weighted by Crippen LogP contribution is -2.54. The fraction of sp³-hybridized carbons (Fsp3) is 0.481. The molecule has 2 aliphatic carbocycles. The van der Waals surface area contributed by atoms with Gasteiger partial charge in [0.25, 0.3) is 0 Å². The summed E-state index contributed by atoms with van der Waals surface area (Å²) in [7, 11) is 1.44. The third-order valence-corrected chi connectivity index (χ3v) is 8.17. The van der Waals surface area contributed by atoms with Crippen LogP contribution >= 0.6 is 0 Å². The van der Waals surface area contributed by atoms with Gasteiger partial charge in [0.15, 0.2) is 0 Å². The number of benzene rings is 1. The average molecular weight is 475 g/mol. The Balaban J connectivity index is 1.10. The number of esters is 1. The molecule has 1 N–H and O–H groups in total. The highest BCUT2D eigenvalue weighted by Crippen LogP contribution is 2.51. The largest absolute Gasteiger partial charge is 0.469 e. The van der Waals surface area contributed by atoms with Crippen LogP contribution < -0.4 is 5.32 Å². The lowest BCUT2D eigenvalue weighted by atomic mass is 9.62. The summed E-state index contributed by atoms with van der Waals surface area (Å²) >= 11 is 0. The number of nitrogens with zero attached hydrogens (tertiary/aromatic N) is 3. The summed E-state index contributed by atoms with van der Waals surface area (Å²) in [4.78, 5) is 16.4. The lowest BCUT2D eigenvalue weighted by molar-refractivity contribution is -0.176. The Morgan fingerprint density at radius 2 is 1.89 bits per heavy atom. The topological polar surface area (TPSA) is 99.4 Å². The van der Waals surface area contributed by atoms with Gasteiger partial charge in [0.05, 0.1) is 43.3 Å². The zero-order valence-electron chi connectivity index (χ0n) is 20.0. The Labute approximate surface area is 204 Å². The Morgan fingerprint density at radius 3 is 2.49 bits per heavy atom. The molecular weight excluding hydrogens is 444 g/mol. The number of anilines is 2. The number of hydrogen-bond donors (Lipinski definition) is 1. The number of carbonyl (C=O) groups is 1. The summed E-state index contributed by atoms with van der Waals surface area (Å²) in [5.74, 6) is 0.948. The maximum Gasteiger partial charge on any atom is 0.320 e. The van der Waals surface area contributed by atoms with E-state index in [0.717, 1.165) is 61.4 Å². The summed E-state index contributed by atoms with van der Waals surface area (Å²) in [5, 5.41) is 11.4. The number of fused-ring (bicyclic) bond motifs is 3. The third kappa shape index (κ3) is 4.20. The van der Waals surface area contributed by atoms with Crippen molar-refractivity contribution < 1.29 is 18.7 Å². The maximum atomic E-state index is 11.8. The van der Waals surface area contributed by atoms with E-state index < -0.39 is 0 Å². The molecule has 182 valence electrons. The van der Waals surface area contributed by atoms with Gasteiger partial charge in [-0.2, -0.15) is 0 Å². The highest BCUT2D eigenvalue weighted by atomic mass is 16.5. The maximum absolute atomic E-state index is 11.8. The highest BCUT2D eigenvalue weighted by Gasteiger charge is 2.51.